The first kappa shape index (κ1) is 25.3. The molecule has 0 fully saturated rings. The third-order valence-electron chi connectivity index (χ3n) is 4.64. The summed E-state index contributed by atoms with van der Waals surface area (Å²) in [7, 11) is -4.27. The molecule has 0 aromatic carbocycles. The molecule has 0 radical (unpaired) electrons. The maximum Gasteiger partial charge on any atom is 0.342 e. The Kier molecular flexibility index (Phi) is 15.0. The molecule has 0 bridgehead atoms. The van der Waals surface area contributed by atoms with Crippen molar-refractivity contribution in [2.75, 3.05) is 0 Å². The average Bonchev–Trinajstić information content (AvgIpc) is 2.58. The molecule has 8 heteroatoms. The minimum atomic E-state index is -4.27. The van der Waals surface area contributed by atoms with E-state index in [0.29, 0.717) is 19.3 Å². The topological polar surface area (TPSA) is 121 Å². The van der Waals surface area contributed by atoms with Crippen LogP contribution in [-0.2, 0) is 19.8 Å². The molecule has 0 saturated carbocycles. The molecule has 156 valence electrons. The lowest BCUT2D eigenvalue weighted by molar-refractivity contribution is -0.234. The van der Waals surface area contributed by atoms with Crippen molar-refractivity contribution in [1.29, 1.82) is 0 Å². The van der Waals surface area contributed by atoms with E-state index in [1.54, 1.807) is 0 Å². The van der Waals surface area contributed by atoms with Crippen molar-refractivity contribution in [2.45, 2.75) is 108 Å². The Morgan fingerprint density at radius 2 is 1.38 bits per heavy atom. The molecule has 0 saturated heterocycles. The van der Waals surface area contributed by atoms with E-state index in [2.05, 4.69) is 11.8 Å². The average molecular weight is 397 g/mol. The summed E-state index contributed by atoms with van der Waals surface area (Å²) in [6, 6.07) is 0. The highest BCUT2D eigenvalue weighted by molar-refractivity contribution is 7.86. The summed E-state index contributed by atoms with van der Waals surface area (Å²) in [5.41, 5.74) is 0. The van der Waals surface area contributed by atoms with Crippen LogP contribution in [0.15, 0.2) is 0 Å². The second-order valence-electron chi connectivity index (χ2n) is 6.95. The number of hydrogen-bond acceptors (Lipinski definition) is 6. The third kappa shape index (κ3) is 13.5. The highest BCUT2D eigenvalue weighted by Crippen LogP contribution is 2.20. The summed E-state index contributed by atoms with van der Waals surface area (Å²) >= 11 is 0. The normalized spacial score (nSPS) is 14.2. The van der Waals surface area contributed by atoms with Crippen molar-refractivity contribution in [3.8, 4) is 0 Å². The van der Waals surface area contributed by atoms with E-state index in [1.807, 2.05) is 0 Å². The summed E-state index contributed by atoms with van der Waals surface area (Å²) in [5.74, 6) is -0.658. The predicted molar refractivity (Wildman–Crippen MR) is 100 cm³/mol. The largest absolute Gasteiger partial charge is 0.392 e. The Balaban J connectivity index is 4.00. The zero-order valence-corrected chi connectivity index (χ0v) is 16.8. The molecular weight excluding hydrogens is 360 g/mol. The highest BCUT2D eigenvalue weighted by Gasteiger charge is 2.29. The van der Waals surface area contributed by atoms with Gasteiger partial charge in [0.05, 0.1) is 6.10 Å². The monoisotopic (exact) mass is 396 g/mol. The molecule has 0 aromatic heterocycles. The molecule has 0 spiro atoms. The van der Waals surface area contributed by atoms with Crippen LogP contribution < -0.4 is 0 Å². The van der Waals surface area contributed by atoms with Crippen molar-refractivity contribution in [1.82, 2.24) is 0 Å². The van der Waals surface area contributed by atoms with E-state index in [4.69, 9.17) is 5.26 Å². The summed E-state index contributed by atoms with van der Waals surface area (Å²) in [6.07, 6.45) is 9.58. The molecular formula is C18H36O7S. The number of carbonyl (C=O) groups is 1. The van der Waals surface area contributed by atoms with Gasteiger partial charge in [-0.15, -0.1) is 0 Å². The lowest BCUT2D eigenvalue weighted by Gasteiger charge is -2.20. The Bertz CT molecular complexity index is 450. The number of rotatable bonds is 17. The van der Waals surface area contributed by atoms with Gasteiger partial charge < -0.3 is 9.99 Å². The van der Waals surface area contributed by atoms with Gasteiger partial charge >= 0.3 is 5.97 Å². The number of hydrogen-bond donors (Lipinski definition) is 3. The van der Waals surface area contributed by atoms with Gasteiger partial charge in [0, 0.05) is 6.42 Å². The molecule has 0 rings (SSSR count). The van der Waals surface area contributed by atoms with Gasteiger partial charge in [0.1, 0.15) is 5.25 Å². The van der Waals surface area contributed by atoms with Crippen LogP contribution in [0, 0.1) is 0 Å². The number of aliphatic hydroxyl groups excluding tert-OH is 1. The Hall–Kier alpha value is -0.700. The molecule has 0 amide bonds. The fourth-order valence-corrected chi connectivity index (χ4v) is 4.05. The van der Waals surface area contributed by atoms with Crippen LogP contribution in [0.3, 0.4) is 0 Å². The van der Waals surface area contributed by atoms with Gasteiger partial charge in [0.2, 0.25) is 0 Å². The minimum Gasteiger partial charge on any atom is -0.392 e. The first-order chi connectivity index (χ1) is 12.3. The van der Waals surface area contributed by atoms with Crippen molar-refractivity contribution in [2.24, 2.45) is 0 Å². The van der Waals surface area contributed by atoms with E-state index >= 15 is 0 Å². The lowest BCUT2D eigenvalue weighted by atomic mass is 10.0. The number of aliphatic hydroxyl groups is 1. The van der Waals surface area contributed by atoms with E-state index in [9.17, 15) is 22.9 Å². The molecule has 0 aliphatic rings. The van der Waals surface area contributed by atoms with Crippen LogP contribution in [0.25, 0.3) is 0 Å². The zero-order chi connectivity index (χ0) is 19.8. The maximum atomic E-state index is 11.5. The van der Waals surface area contributed by atoms with Gasteiger partial charge in [-0.2, -0.15) is 13.7 Å². The molecule has 2 atom stereocenters. The van der Waals surface area contributed by atoms with Crippen molar-refractivity contribution < 1.29 is 33.0 Å². The maximum absolute atomic E-state index is 11.5. The second kappa shape index (κ2) is 15.4. The first-order valence-electron chi connectivity index (χ1n) is 9.81. The van der Waals surface area contributed by atoms with Gasteiger partial charge in [0.15, 0.2) is 0 Å². The van der Waals surface area contributed by atoms with Gasteiger partial charge in [-0.1, -0.05) is 71.1 Å². The van der Waals surface area contributed by atoms with Crippen LogP contribution >= 0.6 is 0 Å². The SMILES string of the molecule is CCCCCCCCC(O)C(CCCCCCCC(=O)OO)S(=O)(=O)O. The third-order valence-corrected chi connectivity index (χ3v) is 5.95. The molecule has 0 heterocycles. The Morgan fingerprint density at radius 1 is 0.885 bits per heavy atom. The molecule has 0 aliphatic carbocycles. The van der Waals surface area contributed by atoms with E-state index in [1.165, 1.54) is 12.8 Å². The molecule has 0 aromatic rings. The van der Waals surface area contributed by atoms with Crippen LogP contribution in [0.4, 0.5) is 0 Å². The smallest absolute Gasteiger partial charge is 0.342 e. The Morgan fingerprint density at radius 3 is 1.92 bits per heavy atom. The molecule has 7 nitrogen and oxygen atoms in total. The van der Waals surface area contributed by atoms with Crippen molar-refractivity contribution >= 4 is 16.1 Å². The predicted octanol–water partition coefficient (Wildman–Crippen LogP) is 4.10. The fourth-order valence-electron chi connectivity index (χ4n) is 3.05. The number of carbonyl (C=O) groups excluding carboxylic acids is 1. The lowest BCUT2D eigenvalue weighted by Crippen LogP contribution is -2.33. The molecule has 2 unspecified atom stereocenters. The second-order valence-corrected chi connectivity index (χ2v) is 8.58. The van der Waals surface area contributed by atoms with Gasteiger partial charge in [-0.3, -0.25) is 4.55 Å². The van der Waals surface area contributed by atoms with Gasteiger partial charge in [0.25, 0.3) is 10.1 Å². The summed E-state index contributed by atoms with van der Waals surface area (Å²) in [4.78, 5) is 14.3. The first-order valence-corrected chi connectivity index (χ1v) is 11.3. The van der Waals surface area contributed by atoms with E-state index in [0.717, 1.165) is 44.9 Å². The summed E-state index contributed by atoms with van der Waals surface area (Å²) < 4.78 is 32.5. The highest BCUT2D eigenvalue weighted by atomic mass is 32.2. The summed E-state index contributed by atoms with van der Waals surface area (Å²) in [6.45, 7) is 2.14. The molecule has 0 aliphatic heterocycles. The quantitative estimate of drug-likeness (QED) is 0.146. The Labute approximate surface area is 157 Å². The van der Waals surface area contributed by atoms with Crippen molar-refractivity contribution in [3.05, 3.63) is 0 Å². The van der Waals surface area contributed by atoms with Crippen LogP contribution in [0.5, 0.6) is 0 Å². The summed E-state index contributed by atoms with van der Waals surface area (Å²) in [5, 5.41) is 17.2. The standard InChI is InChI=1S/C18H36O7S/c1-2-3-4-5-7-10-13-16(19)17(26(22,23)24)14-11-8-6-9-12-15-18(20)25-21/h16-17,19,21H,2-15H2,1H3,(H,22,23,24). The van der Waals surface area contributed by atoms with E-state index in [-0.39, 0.29) is 12.8 Å². The van der Waals surface area contributed by atoms with Crippen LogP contribution in [-0.4, -0.2) is 40.7 Å². The van der Waals surface area contributed by atoms with Crippen LogP contribution in [0.2, 0.25) is 0 Å². The van der Waals surface area contributed by atoms with Crippen molar-refractivity contribution in [3.63, 3.8) is 0 Å². The zero-order valence-electron chi connectivity index (χ0n) is 15.9. The van der Waals surface area contributed by atoms with Gasteiger partial charge in [-0.25, -0.2) is 4.79 Å². The minimum absolute atomic E-state index is 0.154. The number of unbranched alkanes of at least 4 members (excludes halogenated alkanes) is 9. The fraction of sp³-hybridized carbons (Fsp3) is 0.944. The molecule has 3 N–H and O–H groups in total. The molecule has 26 heavy (non-hydrogen) atoms. The van der Waals surface area contributed by atoms with Gasteiger partial charge in [-0.05, 0) is 19.3 Å². The van der Waals surface area contributed by atoms with Crippen LogP contribution in [0.1, 0.15) is 96.8 Å². The van der Waals surface area contributed by atoms with E-state index < -0.39 is 27.4 Å².